The van der Waals surface area contributed by atoms with Gasteiger partial charge in [-0.1, -0.05) is 0 Å². The van der Waals surface area contributed by atoms with Crippen molar-refractivity contribution in [3.63, 3.8) is 0 Å². The van der Waals surface area contributed by atoms with Crippen LogP contribution in [0.4, 0.5) is 0 Å². The molecule has 0 aliphatic carbocycles. The van der Waals surface area contributed by atoms with E-state index in [2.05, 4.69) is 10.1 Å². The lowest BCUT2D eigenvalue weighted by molar-refractivity contribution is -0.219. The SMILES string of the molecule is CC(C)(C)OC=O.COC1(OC)CCNCC1. The first-order valence-corrected chi connectivity index (χ1v) is 5.81. The minimum absolute atomic E-state index is 0.300. The maximum Gasteiger partial charge on any atom is 0.293 e. The standard InChI is InChI=1S/C7H15NO2.C5H10O2/c1-9-7(10-2)3-5-8-6-4-7;1-5(2,3)7-4-6/h8H,3-6H2,1-2H3;4H,1-3H3. The lowest BCUT2D eigenvalue weighted by Crippen LogP contribution is -2.44. The average Bonchev–Trinajstić information content (AvgIpc) is 2.29. The third-order valence-corrected chi connectivity index (χ3v) is 2.51. The molecule has 1 aliphatic heterocycles. The van der Waals surface area contributed by atoms with Crippen LogP contribution in [0.3, 0.4) is 0 Å². The van der Waals surface area contributed by atoms with Gasteiger partial charge in [-0.2, -0.15) is 0 Å². The highest BCUT2D eigenvalue weighted by Gasteiger charge is 2.30. The molecule has 1 fully saturated rings. The van der Waals surface area contributed by atoms with Crippen molar-refractivity contribution in [3.8, 4) is 0 Å². The molecule has 0 amide bonds. The molecule has 0 saturated carbocycles. The Hall–Kier alpha value is -0.650. The van der Waals surface area contributed by atoms with Gasteiger partial charge in [0.1, 0.15) is 5.60 Å². The molecule has 0 aromatic heterocycles. The van der Waals surface area contributed by atoms with E-state index in [1.54, 1.807) is 14.2 Å². The quantitative estimate of drug-likeness (QED) is 0.602. The molecule has 0 atom stereocenters. The summed E-state index contributed by atoms with van der Waals surface area (Å²) in [6.07, 6.45) is 1.89. The van der Waals surface area contributed by atoms with Crippen molar-refractivity contribution in [2.24, 2.45) is 0 Å². The average molecular weight is 247 g/mol. The fourth-order valence-electron chi connectivity index (χ4n) is 1.44. The number of hydrogen-bond donors (Lipinski definition) is 1. The molecular weight excluding hydrogens is 222 g/mol. The van der Waals surface area contributed by atoms with E-state index in [0.717, 1.165) is 25.9 Å². The normalized spacial score (nSPS) is 18.9. The Morgan fingerprint density at radius 2 is 1.59 bits per heavy atom. The topological polar surface area (TPSA) is 56.8 Å². The van der Waals surface area contributed by atoms with E-state index in [4.69, 9.17) is 9.47 Å². The first-order chi connectivity index (χ1) is 7.89. The summed E-state index contributed by atoms with van der Waals surface area (Å²) in [4.78, 5) is 9.60. The molecule has 0 aromatic rings. The van der Waals surface area contributed by atoms with Gasteiger partial charge < -0.3 is 19.5 Å². The Kier molecular flexibility index (Phi) is 7.34. The van der Waals surface area contributed by atoms with Crippen LogP contribution in [0.2, 0.25) is 0 Å². The second-order valence-corrected chi connectivity index (χ2v) is 4.90. The number of rotatable bonds is 3. The van der Waals surface area contributed by atoms with Crippen LogP contribution in [0, 0.1) is 0 Å². The minimum atomic E-state index is -0.318. The monoisotopic (exact) mass is 247 g/mol. The minimum Gasteiger partial charge on any atom is -0.462 e. The number of carbonyl (C=O) groups is 1. The van der Waals surface area contributed by atoms with Crippen LogP contribution < -0.4 is 5.32 Å². The molecule has 5 nitrogen and oxygen atoms in total. The Morgan fingerprint density at radius 1 is 1.12 bits per heavy atom. The van der Waals surface area contributed by atoms with E-state index in [-0.39, 0.29) is 11.4 Å². The fraction of sp³-hybridized carbons (Fsp3) is 0.917. The first kappa shape index (κ1) is 16.4. The number of hydrogen-bond acceptors (Lipinski definition) is 5. The van der Waals surface area contributed by atoms with E-state index in [0.29, 0.717) is 6.47 Å². The third kappa shape index (κ3) is 7.31. The fourth-order valence-corrected chi connectivity index (χ4v) is 1.44. The van der Waals surface area contributed by atoms with Crippen molar-refractivity contribution in [2.75, 3.05) is 27.3 Å². The largest absolute Gasteiger partial charge is 0.462 e. The third-order valence-electron chi connectivity index (χ3n) is 2.51. The zero-order valence-electron chi connectivity index (χ0n) is 11.5. The van der Waals surface area contributed by atoms with Crippen LogP contribution in [-0.4, -0.2) is 45.2 Å². The Bertz CT molecular complexity index is 201. The molecular formula is C12H25NO4. The Balaban J connectivity index is 0.000000325. The van der Waals surface area contributed by atoms with Gasteiger partial charge in [0.2, 0.25) is 0 Å². The summed E-state index contributed by atoms with van der Waals surface area (Å²) in [5.74, 6) is -0.300. The molecule has 0 bridgehead atoms. The van der Waals surface area contributed by atoms with E-state index < -0.39 is 0 Å². The molecule has 0 unspecified atom stereocenters. The number of carbonyl (C=O) groups excluding carboxylic acids is 1. The van der Waals surface area contributed by atoms with Gasteiger partial charge in [-0.25, -0.2) is 0 Å². The number of ether oxygens (including phenoxy) is 3. The smallest absolute Gasteiger partial charge is 0.293 e. The van der Waals surface area contributed by atoms with Crippen LogP contribution >= 0.6 is 0 Å². The maximum absolute atomic E-state index is 9.60. The van der Waals surface area contributed by atoms with Gasteiger partial charge in [0.15, 0.2) is 5.79 Å². The highest BCUT2D eigenvalue weighted by Crippen LogP contribution is 2.22. The van der Waals surface area contributed by atoms with Crippen molar-refractivity contribution in [1.29, 1.82) is 0 Å². The summed E-state index contributed by atoms with van der Waals surface area (Å²) in [5, 5.41) is 3.25. The zero-order chi connectivity index (χ0) is 13.4. The van der Waals surface area contributed by atoms with Crippen LogP contribution in [-0.2, 0) is 19.0 Å². The predicted octanol–water partition coefficient (Wildman–Crippen LogP) is 1.32. The number of piperidine rings is 1. The van der Waals surface area contributed by atoms with E-state index in [1.807, 2.05) is 20.8 Å². The second kappa shape index (κ2) is 7.63. The van der Waals surface area contributed by atoms with Crippen molar-refractivity contribution in [3.05, 3.63) is 0 Å². The zero-order valence-corrected chi connectivity index (χ0v) is 11.5. The Labute approximate surface area is 104 Å². The Morgan fingerprint density at radius 3 is 1.76 bits per heavy atom. The predicted molar refractivity (Wildman–Crippen MR) is 65.8 cm³/mol. The van der Waals surface area contributed by atoms with Crippen LogP contribution in [0.15, 0.2) is 0 Å². The van der Waals surface area contributed by atoms with E-state index >= 15 is 0 Å². The molecule has 1 saturated heterocycles. The molecule has 0 aromatic carbocycles. The number of nitrogens with one attached hydrogen (secondary N) is 1. The molecule has 1 aliphatic rings. The van der Waals surface area contributed by atoms with Gasteiger partial charge in [-0.15, -0.1) is 0 Å². The van der Waals surface area contributed by atoms with Gasteiger partial charge in [-0.05, 0) is 20.8 Å². The first-order valence-electron chi connectivity index (χ1n) is 5.81. The van der Waals surface area contributed by atoms with Crippen molar-refractivity contribution in [1.82, 2.24) is 5.32 Å². The molecule has 17 heavy (non-hydrogen) atoms. The summed E-state index contributed by atoms with van der Waals surface area (Å²) in [7, 11) is 3.41. The number of methoxy groups -OCH3 is 2. The lowest BCUT2D eigenvalue weighted by atomic mass is 10.1. The van der Waals surface area contributed by atoms with Gasteiger partial charge in [0.05, 0.1) is 0 Å². The summed E-state index contributed by atoms with van der Waals surface area (Å²) in [5.41, 5.74) is -0.318. The molecule has 1 N–H and O–H groups in total. The lowest BCUT2D eigenvalue weighted by Gasteiger charge is -2.34. The summed E-state index contributed by atoms with van der Waals surface area (Å²) >= 11 is 0. The molecule has 0 radical (unpaired) electrons. The van der Waals surface area contributed by atoms with E-state index in [9.17, 15) is 4.79 Å². The van der Waals surface area contributed by atoms with Gasteiger partial charge >= 0.3 is 0 Å². The summed E-state index contributed by atoms with van der Waals surface area (Å²) in [6.45, 7) is 7.90. The van der Waals surface area contributed by atoms with Crippen molar-refractivity contribution in [2.45, 2.75) is 45.0 Å². The highest BCUT2D eigenvalue weighted by molar-refractivity contribution is 5.37. The van der Waals surface area contributed by atoms with E-state index in [1.165, 1.54) is 0 Å². The van der Waals surface area contributed by atoms with Crippen molar-refractivity contribution >= 4 is 6.47 Å². The van der Waals surface area contributed by atoms with Crippen LogP contribution in [0.1, 0.15) is 33.6 Å². The summed E-state index contributed by atoms with van der Waals surface area (Å²) in [6, 6.07) is 0. The summed E-state index contributed by atoms with van der Waals surface area (Å²) < 4.78 is 15.1. The molecule has 1 heterocycles. The molecule has 5 heteroatoms. The maximum atomic E-state index is 9.60. The van der Waals surface area contributed by atoms with Gasteiger partial charge in [-0.3, -0.25) is 4.79 Å². The molecule has 0 spiro atoms. The highest BCUT2D eigenvalue weighted by atomic mass is 16.7. The molecule has 102 valence electrons. The van der Waals surface area contributed by atoms with Gasteiger partial charge in [0, 0.05) is 40.2 Å². The van der Waals surface area contributed by atoms with Crippen LogP contribution in [0.5, 0.6) is 0 Å². The van der Waals surface area contributed by atoms with Gasteiger partial charge in [0.25, 0.3) is 6.47 Å². The van der Waals surface area contributed by atoms with Crippen molar-refractivity contribution < 1.29 is 19.0 Å². The van der Waals surface area contributed by atoms with Crippen LogP contribution in [0.25, 0.3) is 0 Å². The second-order valence-electron chi connectivity index (χ2n) is 4.90. The molecule has 1 rings (SSSR count).